The van der Waals surface area contributed by atoms with Gasteiger partial charge >= 0.3 is 23.3 Å². The first-order valence-corrected chi connectivity index (χ1v) is 10.7. The zero-order valence-corrected chi connectivity index (χ0v) is 16.6. The molecule has 0 fully saturated rings. The number of esters is 1. The first-order valence-electron chi connectivity index (χ1n) is 6.41. The zero-order valence-electron chi connectivity index (χ0n) is 14.6. The Morgan fingerprint density at radius 1 is 1.00 bits per heavy atom. The van der Waals surface area contributed by atoms with Gasteiger partial charge in [-0.25, -0.2) is 4.79 Å². The van der Waals surface area contributed by atoms with Gasteiger partial charge in [-0.2, -0.15) is 0 Å². The molecule has 0 atom stereocenters. The molecule has 0 spiro atoms. The average molecular weight is 353 g/mol. The third-order valence-electron chi connectivity index (χ3n) is 2.78. The molecule has 0 rings (SSSR count). The minimum absolute atomic E-state index is 0.186. The summed E-state index contributed by atoms with van der Waals surface area (Å²) in [6, 6.07) is 0. The van der Waals surface area contributed by atoms with Crippen LogP contribution in [-0.2, 0) is 31.7 Å². The second kappa shape index (κ2) is 11.7. The van der Waals surface area contributed by atoms with Gasteiger partial charge in [0.1, 0.15) is 6.23 Å². The molecule has 0 aromatic carbocycles. The van der Waals surface area contributed by atoms with Crippen molar-refractivity contribution in [2.24, 2.45) is 0 Å². The highest BCUT2D eigenvalue weighted by Crippen LogP contribution is 2.06. The summed E-state index contributed by atoms with van der Waals surface area (Å²) in [6.45, 7) is 10.4. The predicted molar refractivity (Wildman–Crippen MR) is 88.4 cm³/mol. The lowest BCUT2D eigenvalue weighted by Crippen LogP contribution is -2.42. The average Bonchev–Trinajstić information content (AvgIpc) is 2.55. The molecular weight excluding hydrogens is 324 g/mol. The summed E-state index contributed by atoms with van der Waals surface area (Å²) in [4.78, 5) is 11.0. The van der Waals surface area contributed by atoms with Gasteiger partial charge in [0.25, 0.3) is 0 Å². The van der Waals surface area contributed by atoms with Crippen molar-refractivity contribution in [3.8, 4) is 0 Å². The van der Waals surface area contributed by atoms with Crippen molar-refractivity contribution in [1.82, 2.24) is 0 Å². The van der Waals surface area contributed by atoms with E-state index in [1.807, 2.05) is 6.55 Å². The number of rotatable bonds is 9. The Balaban J connectivity index is 0. The van der Waals surface area contributed by atoms with Gasteiger partial charge in [-0.15, -0.1) is 0 Å². The Hall–Kier alpha value is -0.816. The van der Waals surface area contributed by atoms with Crippen LogP contribution in [0.5, 0.6) is 0 Å². The Morgan fingerprint density at radius 3 is 1.59 bits per heavy atom. The number of carbonyl (C=O) groups is 1. The molecule has 7 nitrogen and oxygen atoms in total. The first kappa shape index (κ1) is 23.4. The van der Waals surface area contributed by atoms with E-state index in [1.165, 1.54) is 0 Å². The summed E-state index contributed by atoms with van der Waals surface area (Å²) < 4.78 is 30.1. The molecule has 22 heavy (non-hydrogen) atoms. The van der Waals surface area contributed by atoms with Gasteiger partial charge in [-0.3, -0.25) is 0 Å². The number of carbonyl (C=O) groups excluding carboxylic acids is 1. The Bertz CT molecular complexity index is 344. The molecule has 9 heteroatoms. The van der Waals surface area contributed by atoms with Gasteiger partial charge in [0, 0.05) is 41.1 Å². The maximum absolute atomic E-state index is 11.0. The van der Waals surface area contributed by atoms with Crippen molar-refractivity contribution in [1.29, 1.82) is 0 Å². The maximum atomic E-state index is 11.0. The van der Waals surface area contributed by atoms with Crippen LogP contribution in [0.2, 0.25) is 6.55 Å². The lowest BCUT2D eigenvalue weighted by molar-refractivity contribution is -0.137. The largest absolute Gasteiger partial charge is 0.528 e. The number of ether oxygens (including phenoxy) is 1. The minimum Gasteiger partial charge on any atom is -0.460 e. The van der Waals surface area contributed by atoms with E-state index >= 15 is 0 Å². The summed E-state index contributed by atoms with van der Waals surface area (Å²) in [7, 11) is 3.00. The van der Waals surface area contributed by atoms with E-state index in [2.05, 4.69) is 13.2 Å². The van der Waals surface area contributed by atoms with Crippen molar-refractivity contribution >= 4 is 23.3 Å². The molecule has 0 saturated heterocycles. The lowest BCUT2D eigenvalue weighted by atomic mass is 10.4. The topological polar surface area (TPSA) is 72.5 Å². The van der Waals surface area contributed by atoms with E-state index in [0.717, 1.165) is 0 Å². The van der Waals surface area contributed by atoms with Crippen LogP contribution in [0, 0.1) is 0 Å². The molecule has 0 unspecified atom stereocenters. The first-order chi connectivity index (χ1) is 10.2. The molecule has 0 aliphatic rings. The van der Waals surface area contributed by atoms with E-state index in [9.17, 15) is 4.79 Å². The summed E-state index contributed by atoms with van der Waals surface area (Å²) in [5.74, 6) is -0.409. The molecule has 0 N–H and O–H groups in total. The molecule has 0 aliphatic carbocycles. The van der Waals surface area contributed by atoms with Gasteiger partial charge in [-0.05, 0) is 19.2 Å². The lowest BCUT2D eigenvalue weighted by Gasteiger charge is -2.21. The van der Waals surface area contributed by atoms with E-state index in [1.54, 1.807) is 48.2 Å². The van der Waals surface area contributed by atoms with Crippen molar-refractivity contribution in [3.63, 3.8) is 0 Å². The van der Waals surface area contributed by atoms with Crippen LogP contribution in [0.15, 0.2) is 24.4 Å². The van der Waals surface area contributed by atoms with Crippen molar-refractivity contribution in [3.05, 3.63) is 24.4 Å². The summed E-state index contributed by atoms with van der Waals surface area (Å²) >= 11 is 0. The molecule has 0 saturated carbocycles. The normalized spacial score (nSPS) is 11.2. The second-order valence-corrected chi connectivity index (χ2v) is 10.5. The highest BCUT2D eigenvalue weighted by Gasteiger charge is 2.33. The predicted octanol–water partition coefficient (Wildman–Crippen LogP) is 1.60. The quantitative estimate of drug-likeness (QED) is 0.354. The molecule has 0 aromatic heterocycles. The fraction of sp³-hybridized carbons (Fsp3) is 0.615. The minimum atomic E-state index is -2.43. The Morgan fingerprint density at radius 2 is 1.41 bits per heavy atom. The molecule has 130 valence electrons. The number of hydrogen-bond acceptors (Lipinski definition) is 7. The van der Waals surface area contributed by atoms with Crippen LogP contribution in [0.3, 0.4) is 0 Å². The summed E-state index contributed by atoms with van der Waals surface area (Å²) in [6.07, 6.45) is 0.186. The van der Waals surface area contributed by atoms with Crippen LogP contribution >= 0.6 is 0 Å². The van der Waals surface area contributed by atoms with Gasteiger partial charge in [-0.1, -0.05) is 13.2 Å². The Kier molecular flexibility index (Phi) is 12.5. The summed E-state index contributed by atoms with van der Waals surface area (Å²) in [5, 5.41) is 0. The molecule has 0 amide bonds. The maximum Gasteiger partial charge on any atom is 0.528 e. The molecule has 0 aliphatic heterocycles. The molecule has 0 aromatic rings. The van der Waals surface area contributed by atoms with Crippen molar-refractivity contribution in [2.75, 3.05) is 41.8 Å². The Labute approximate surface area is 135 Å². The molecular formula is C13H28O7Si2. The fourth-order valence-corrected chi connectivity index (χ4v) is 2.82. The van der Waals surface area contributed by atoms with Gasteiger partial charge < -0.3 is 26.9 Å². The van der Waals surface area contributed by atoms with Crippen LogP contribution < -0.4 is 0 Å². The van der Waals surface area contributed by atoms with E-state index in [0.29, 0.717) is 5.57 Å². The molecule has 0 radical (unpaired) electrons. The third kappa shape index (κ3) is 8.58. The monoisotopic (exact) mass is 352 g/mol. The summed E-state index contributed by atoms with van der Waals surface area (Å²) in [5.41, 5.74) is 1.95. The second-order valence-electron chi connectivity index (χ2n) is 4.32. The van der Waals surface area contributed by atoms with Crippen LogP contribution in [0.4, 0.5) is 0 Å². The van der Waals surface area contributed by atoms with Crippen LogP contribution in [0.25, 0.3) is 0 Å². The van der Waals surface area contributed by atoms with Gasteiger partial charge in [0.15, 0.2) is 0 Å². The number of hydrogen-bond donors (Lipinski definition) is 0. The highest BCUT2D eigenvalue weighted by atomic mass is 28.4. The molecule has 0 bridgehead atoms. The standard InChI is InChI=1S/C8H16O4Si.C5H12O3Si/c1-7(2)8(9)12-6-13(5,10-3)11-4;1-5-9(6-2,7-3)8-4/h1,6H2,2-5H3;5H,1H2,2-4H3. The smallest absolute Gasteiger partial charge is 0.460 e. The van der Waals surface area contributed by atoms with Crippen molar-refractivity contribution < 1.29 is 31.7 Å². The fourth-order valence-electron chi connectivity index (χ4n) is 1.02. The van der Waals surface area contributed by atoms with E-state index in [-0.39, 0.29) is 6.23 Å². The van der Waals surface area contributed by atoms with E-state index < -0.39 is 23.3 Å². The SMILES string of the molecule is C=C(C)C(=O)OC[Si](C)(OC)OC.C=C[Si](OC)(OC)OC. The van der Waals surface area contributed by atoms with Crippen LogP contribution in [-0.4, -0.2) is 65.1 Å². The zero-order chi connectivity index (χ0) is 17.8. The highest BCUT2D eigenvalue weighted by molar-refractivity contribution is 6.66. The molecule has 0 heterocycles. The van der Waals surface area contributed by atoms with E-state index in [4.69, 9.17) is 26.9 Å². The van der Waals surface area contributed by atoms with Crippen molar-refractivity contribution in [2.45, 2.75) is 13.5 Å². The van der Waals surface area contributed by atoms with Gasteiger partial charge in [0.2, 0.25) is 0 Å². The van der Waals surface area contributed by atoms with Gasteiger partial charge in [0.05, 0.1) is 0 Å². The van der Waals surface area contributed by atoms with Crippen LogP contribution in [0.1, 0.15) is 6.92 Å². The third-order valence-corrected chi connectivity index (χ3v) is 7.38.